The van der Waals surface area contributed by atoms with Crippen LogP contribution in [0.15, 0.2) is 22.7 Å². The Morgan fingerprint density at radius 3 is 2.58 bits per heavy atom. The average Bonchev–Trinajstić information content (AvgIpc) is 2.39. The van der Waals surface area contributed by atoms with E-state index in [1.54, 1.807) is 13.0 Å². The summed E-state index contributed by atoms with van der Waals surface area (Å²) in [4.78, 5) is 23.1. The highest BCUT2D eigenvalue weighted by Gasteiger charge is 2.30. The number of carbonyl (C=O) groups is 2. The minimum absolute atomic E-state index is 0.115. The molecule has 0 heterocycles. The van der Waals surface area contributed by atoms with E-state index in [0.29, 0.717) is 16.6 Å². The van der Waals surface area contributed by atoms with Crippen LogP contribution in [0.4, 0.5) is 5.69 Å². The summed E-state index contributed by atoms with van der Waals surface area (Å²) >= 11 is 3.28. The molecule has 19 heavy (non-hydrogen) atoms. The molecule has 6 heteroatoms. The van der Waals surface area contributed by atoms with Crippen molar-refractivity contribution in [2.24, 2.45) is 11.1 Å². The number of nitrogens with two attached hydrogens (primary N) is 1. The predicted octanol–water partition coefficient (Wildman–Crippen LogP) is 2.46. The first-order valence-corrected chi connectivity index (χ1v) is 6.67. The fourth-order valence-electron chi connectivity index (χ4n) is 1.42. The second-order valence-corrected chi connectivity index (χ2v) is 5.43. The van der Waals surface area contributed by atoms with Crippen LogP contribution in [0.1, 0.15) is 30.6 Å². The van der Waals surface area contributed by atoms with Gasteiger partial charge < -0.3 is 16.2 Å². The van der Waals surface area contributed by atoms with Crippen molar-refractivity contribution in [2.45, 2.75) is 20.3 Å². The molecule has 0 aliphatic carbocycles. The highest BCUT2D eigenvalue weighted by atomic mass is 79.9. The molecule has 4 N–H and O–H groups in total. The quantitative estimate of drug-likeness (QED) is 0.774. The van der Waals surface area contributed by atoms with Crippen molar-refractivity contribution in [3.8, 4) is 0 Å². The van der Waals surface area contributed by atoms with Gasteiger partial charge in [-0.3, -0.25) is 4.79 Å². The standard InChI is InChI=1S/C13H17BrN2O3/c1-3-13(2,7-15)12(19)16-10-6-8(11(17)18)4-5-9(10)14/h4-6H,3,7,15H2,1-2H3,(H,16,19)(H,17,18). The van der Waals surface area contributed by atoms with Crippen molar-refractivity contribution in [1.29, 1.82) is 0 Å². The number of halogens is 1. The van der Waals surface area contributed by atoms with Crippen LogP contribution in [0.2, 0.25) is 0 Å². The summed E-state index contributed by atoms with van der Waals surface area (Å²) in [6.07, 6.45) is 0.603. The van der Waals surface area contributed by atoms with Gasteiger partial charge in [-0.05, 0) is 47.5 Å². The molecule has 1 aromatic rings. The zero-order valence-electron chi connectivity index (χ0n) is 10.9. The lowest BCUT2D eigenvalue weighted by Gasteiger charge is -2.25. The van der Waals surface area contributed by atoms with Crippen LogP contribution < -0.4 is 11.1 Å². The third-order valence-corrected chi connectivity index (χ3v) is 3.93. The molecule has 0 saturated heterocycles. The third kappa shape index (κ3) is 3.54. The number of carboxylic acids is 1. The Morgan fingerprint density at radius 1 is 1.47 bits per heavy atom. The van der Waals surface area contributed by atoms with Gasteiger partial charge in [-0.15, -0.1) is 0 Å². The molecule has 1 aromatic carbocycles. The topological polar surface area (TPSA) is 92.4 Å². The molecule has 0 radical (unpaired) electrons. The van der Waals surface area contributed by atoms with Gasteiger partial charge in [-0.2, -0.15) is 0 Å². The summed E-state index contributed by atoms with van der Waals surface area (Å²) in [6, 6.07) is 4.46. The number of carbonyl (C=O) groups excluding carboxylic acids is 1. The fraction of sp³-hybridized carbons (Fsp3) is 0.385. The highest BCUT2D eigenvalue weighted by molar-refractivity contribution is 9.10. The maximum atomic E-state index is 12.2. The lowest BCUT2D eigenvalue weighted by molar-refractivity contribution is -0.124. The van der Waals surface area contributed by atoms with Gasteiger partial charge in [0.05, 0.1) is 16.7 Å². The van der Waals surface area contributed by atoms with Crippen LogP contribution in [0, 0.1) is 5.41 Å². The van der Waals surface area contributed by atoms with E-state index in [4.69, 9.17) is 10.8 Å². The van der Waals surface area contributed by atoms with Crippen LogP contribution in [0.3, 0.4) is 0 Å². The molecule has 0 fully saturated rings. The Morgan fingerprint density at radius 2 is 2.11 bits per heavy atom. The summed E-state index contributed by atoms with van der Waals surface area (Å²) in [7, 11) is 0. The van der Waals surface area contributed by atoms with Crippen LogP contribution in [0.25, 0.3) is 0 Å². The minimum atomic E-state index is -1.04. The van der Waals surface area contributed by atoms with E-state index in [2.05, 4.69) is 21.2 Å². The fourth-order valence-corrected chi connectivity index (χ4v) is 1.77. The SMILES string of the molecule is CCC(C)(CN)C(=O)Nc1cc(C(=O)O)ccc1Br. The van der Waals surface area contributed by atoms with E-state index in [1.165, 1.54) is 12.1 Å². The van der Waals surface area contributed by atoms with Gasteiger partial charge in [-0.25, -0.2) is 4.79 Å². The normalized spacial score (nSPS) is 13.7. The van der Waals surface area contributed by atoms with Crippen molar-refractivity contribution in [3.05, 3.63) is 28.2 Å². The van der Waals surface area contributed by atoms with Gasteiger partial charge >= 0.3 is 5.97 Å². The van der Waals surface area contributed by atoms with Gasteiger partial charge in [-0.1, -0.05) is 6.92 Å². The number of anilines is 1. The van der Waals surface area contributed by atoms with Crippen LogP contribution in [-0.2, 0) is 4.79 Å². The molecule has 104 valence electrons. The molecule has 1 unspecified atom stereocenters. The van der Waals surface area contributed by atoms with Crippen LogP contribution in [0.5, 0.6) is 0 Å². The smallest absolute Gasteiger partial charge is 0.335 e. The van der Waals surface area contributed by atoms with E-state index in [-0.39, 0.29) is 18.0 Å². The van der Waals surface area contributed by atoms with Crippen molar-refractivity contribution < 1.29 is 14.7 Å². The lowest BCUT2D eigenvalue weighted by atomic mass is 9.86. The molecule has 0 spiro atoms. The Labute approximate surface area is 120 Å². The molecule has 0 saturated carbocycles. The van der Waals surface area contributed by atoms with Crippen LogP contribution in [-0.4, -0.2) is 23.5 Å². The van der Waals surface area contributed by atoms with Crippen molar-refractivity contribution in [2.75, 3.05) is 11.9 Å². The van der Waals surface area contributed by atoms with Crippen molar-refractivity contribution in [1.82, 2.24) is 0 Å². The van der Waals surface area contributed by atoms with E-state index >= 15 is 0 Å². The van der Waals surface area contributed by atoms with E-state index in [9.17, 15) is 9.59 Å². The zero-order valence-corrected chi connectivity index (χ0v) is 12.5. The summed E-state index contributed by atoms with van der Waals surface area (Å²) in [5.41, 5.74) is 5.50. The Kier molecular flexibility index (Phi) is 5.08. The van der Waals surface area contributed by atoms with Gasteiger partial charge in [0.2, 0.25) is 5.91 Å². The van der Waals surface area contributed by atoms with Gasteiger partial charge in [0.15, 0.2) is 0 Å². The molecule has 0 aliphatic heterocycles. The zero-order chi connectivity index (χ0) is 14.6. The highest BCUT2D eigenvalue weighted by Crippen LogP contribution is 2.27. The second kappa shape index (κ2) is 6.16. The largest absolute Gasteiger partial charge is 0.478 e. The minimum Gasteiger partial charge on any atom is -0.478 e. The molecule has 1 rings (SSSR count). The summed E-state index contributed by atoms with van der Waals surface area (Å²) < 4.78 is 0.626. The first-order chi connectivity index (χ1) is 8.84. The molecule has 1 atom stereocenters. The maximum absolute atomic E-state index is 12.2. The molecule has 0 aromatic heterocycles. The number of benzene rings is 1. The Balaban J connectivity index is 3.02. The number of hydrogen-bond donors (Lipinski definition) is 3. The van der Waals surface area contributed by atoms with Crippen molar-refractivity contribution >= 4 is 33.5 Å². The molecular formula is C13H17BrN2O3. The number of hydrogen-bond acceptors (Lipinski definition) is 3. The number of nitrogens with one attached hydrogen (secondary N) is 1. The number of aromatic carboxylic acids is 1. The maximum Gasteiger partial charge on any atom is 0.335 e. The summed E-state index contributed by atoms with van der Waals surface area (Å²) in [5, 5.41) is 11.7. The average molecular weight is 329 g/mol. The second-order valence-electron chi connectivity index (χ2n) is 4.57. The van der Waals surface area contributed by atoms with Gasteiger partial charge in [0.1, 0.15) is 0 Å². The van der Waals surface area contributed by atoms with E-state index in [1.807, 2.05) is 6.92 Å². The number of carboxylic acid groups (broad SMARTS) is 1. The predicted molar refractivity (Wildman–Crippen MR) is 77.2 cm³/mol. The number of rotatable bonds is 5. The molecule has 1 amide bonds. The molecule has 0 bridgehead atoms. The monoisotopic (exact) mass is 328 g/mol. The molecular weight excluding hydrogens is 312 g/mol. The van der Waals surface area contributed by atoms with Gasteiger partial charge in [0, 0.05) is 11.0 Å². The molecule has 5 nitrogen and oxygen atoms in total. The van der Waals surface area contributed by atoms with E-state index < -0.39 is 11.4 Å². The molecule has 0 aliphatic rings. The Hall–Kier alpha value is -1.40. The summed E-state index contributed by atoms with van der Waals surface area (Å²) in [5.74, 6) is -1.26. The number of amides is 1. The first kappa shape index (κ1) is 15.7. The summed E-state index contributed by atoms with van der Waals surface area (Å²) in [6.45, 7) is 3.89. The Bertz CT molecular complexity index is 499. The van der Waals surface area contributed by atoms with Gasteiger partial charge in [0.25, 0.3) is 0 Å². The van der Waals surface area contributed by atoms with E-state index in [0.717, 1.165) is 0 Å². The lowest BCUT2D eigenvalue weighted by Crippen LogP contribution is -2.39. The third-order valence-electron chi connectivity index (χ3n) is 3.24. The first-order valence-electron chi connectivity index (χ1n) is 5.88. The van der Waals surface area contributed by atoms with Crippen molar-refractivity contribution in [3.63, 3.8) is 0 Å². The van der Waals surface area contributed by atoms with Crippen LogP contribution >= 0.6 is 15.9 Å².